The highest BCUT2D eigenvalue weighted by Crippen LogP contribution is 2.37. The monoisotopic (exact) mass is 593 g/mol. The van der Waals surface area contributed by atoms with Crippen molar-refractivity contribution in [3.8, 4) is 22.6 Å². The maximum Gasteiger partial charge on any atom is 0.254 e. The number of pyridine rings is 1. The fraction of sp³-hybridized carbons (Fsp3) is 0.250. The van der Waals surface area contributed by atoms with Crippen molar-refractivity contribution < 1.29 is 18.7 Å². The molecule has 1 aliphatic rings. The summed E-state index contributed by atoms with van der Waals surface area (Å²) < 4.78 is 26.0. The lowest BCUT2D eigenvalue weighted by Crippen LogP contribution is -2.46. The fourth-order valence-corrected chi connectivity index (χ4v) is 5.67. The van der Waals surface area contributed by atoms with Gasteiger partial charge in [0.2, 0.25) is 0 Å². The number of anilines is 1. The number of aromatic nitrogens is 1. The van der Waals surface area contributed by atoms with Gasteiger partial charge in [-0.1, -0.05) is 53.5 Å². The van der Waals surface area contributed by atoms with E-state index in [0.29, 0.717) is 30.0 Å². The summed E-state index contributed by atoms with van der Waals surface area (Å²) in [5.41, 5.74) is 8.58. The number of rotatable bonds is 8. The van der Waals surface area contributed by atoms with Gasteiger partial charge >= 0.3 is 0 Å². The number of nitrogens with two attached hydrogens (primary N) is 1. The normalized spacial score (nSPS) is 15.8. The molecule has 9 heteroatoms. The molecular weight excluding hydrogens is 564 g/mol. The molecule has 2 N–H and O–H groups in total. The molecular formula is C32H30Cl2FN3O3. The molecule has 2 atom stereocenters. The van der Waals surface area contributed by atoms with Gasteiger partial charge in [-0.3, -0.25) is 4.79 Å². The zero-order valence-corrected chi connectivity index (χ0v) is 24.0. The summed E-state index contributed by atoms with van der Waals surface area (Å²) in [6.45, 7) is 2.86. The SMILES string of the molecule is CC(Oc1cc(-c2ccc(C(=O)N3CCCCC3COc3ccccc3)cc2)cnc1N)c1c(Cl)ccc(F)c1Cl. The molecule has 1 fully saturated rings. The number of carbonyl (C=O) groups is 1. The Balaban J connectivity index is 1.30. The van der Waals surface area contributed by atoms with Crippen LogP contribution in [0.3, 0.4) is 0 Å². The quantitative estimate of drug-likeness (QED) is 0.209. The Morgan fingerprint density at radius 1 is 1.07 bits per heavy atom. The average Bonchev–Trinajstić information content (AvgIpc) is 3.00. The van der Waals surface area contributed by atoms with E-state index in [9.17, 15) is 9.18 Å². The smallest absolute Gasteiger partial charge is 0.254 e. The van der Waals surface area contributed by atoms with Gasteiger partial charge in [0.25, 0.3) is 5.91 Å². The van der Waals surface area contributed by atoms with Crippen LogP contribution in [0.15, 0.2) is 79.0 Å². The molecule has 0 aliphatic carbocycles. The first-order valence-electron chi connectivity index (χ1n) is 13.5. The average molecular weight is 595 g/mol. The van der Waals surface area contributed by atoms with Crippen LogP contribution in [0, 0.1) is 5.82 Å². The van der Waals surface area contributed by atoms with E-state index < -0.39 is 11.9 Å². The van der Waals surface area contributed by atoms with Crippen LogP contribution in [0.2, 0.25) is 10.0 Å². The van der Waals surface area contributed by atoms with Gasteiger partial charge < -0.3 is 20.1 Å². The van der Waals surface area contributed by atoms with E-state index in [-0.39, 0.29) is 27.8 Å². The van der Waals surface area contributed by atoms with E-state index >= 15 is 0 Å². The van der Waals surface area contributed by atoms with Gasteiger partial charge in [0.05, 0.1) is 11.1 Å². The number of amides is 1. The van der Waals surface area contributed by atoms with Crippen LogP contribution >= 0.6 is 23.2 Å². The van der Waals surface area contributed by atoms with Crippen molar-refractivity contribution in [2.24, 2.45) is 0 Å². The summed E-state index contributed by atoms with van der Waals surface area (Å²) in [4.78, 5) is 19.7. The minimum atomic E-state index is -0.687. The number of hydrogen-bond acceptors (Lipinski definition) is 5. The zero-order valence-electron chi connectivity index (χ0n) is 22.5. The Kier molecular flexibility index (Phi) is 8.96. The van der Waals surface area contributed by atoms with Crippen LogP contribution in [-0.4, -0.2) is 35.0 Å². The Morgan fingerprint density at radius 3 is 2.59 bits per heavy atom. The second kappa shape index (κ2) is 12.8. The predicted molar refractivity (Wildman–Crippen MR) is 160 cm³/mol. The molecule has 6 nitrogen and oxygen atoms in total. The van der Waals surface area contributed by atoms with Gasteiger partial charge in [-0.15, -0.1) is 0 Å². The van der Waals surface area contributed by atoms with Crippen molar-refractivity contribution in [1.29, 1.82) is 0 Å². The van der Waals surface area contributed by atoms with Gasteiger partial charge in [0, 0.05) is 34.5 Å². The maximum absolute atomic E-state index is 14.0. The molecule has 1 aliphatic heterocycles. The highest BCUT2D eigenvalue weighted by molar-refractivity contribution is 6.36. The van der Waals surface area contributed by atoms with Crippen molar-refractivity contribution in [3.05, 3.63) is 106 Å². The number of piperidine rings is 1. The van der Waals surface area contributed by atoms with Gasteiger partial charge in [0.1, 0.15) is 24.3 Å². The summed E-state index contributed by atoms with van der Waals surface area (Å²) in [5.74, 6) is 0.670. The van der Waals surface area contributed by atoms with E-state index in [2.05, 4.69) is 4.98 Å². The molecule has 0 spiro atoms. The molecule has 0 radical (unpaired) electrons. The molecule has 2 heterocycles. The maximum atomic E-state index is 14.0. The Hall–Kier alpha value is -3.81. The minimum Gasteiger partial charge on any atom is -0.491 e. The van der Waals surface area contributed by atoms with Gasteiger partial charge in [-0.05, 0) is 74.2 Å². The van der Waals surface area contributed by atoms with E-state index in [1.807, 2.05) is 59.5 Å². The minimum absolute atomic E-state index is 0.0132. The van der Waals surface area contributed by atoms with Crippen molar-refractivity contribution >= 4 is 34.9 Å². The van der Waals surface area contributed by atoms with Crippen LogP contribution in [-0.2, 0) is 0 Å². The van der Waals surface area contributed by atoms with E-state index in [4.69, 9.17) is 38.4 Å². The summed E-state index contributed by atoms with van der Waals surface area (Å²) in [6.07, 6.45) is 3.88. The Labute approximate surface area is 248 Å². The number of hydrogen-bond donors (Lipinski definition) is 1. The standard InChI is InChI=1S/C32H30Cl2FN3O3/c1-20(29-26(33)14-15-27(35)30(29)34)41-28-17-23(18-37-31(28)36)21-10-12-22(13-11-21)32(39)38-16-6-5-7-24(38)19-40-25-8-3-2-4-9-25/h2-4,8-15,17-18,20,24H,5-7,16,19H2,1H3,(H2,36,37). The van der Waals surface area contributed by atoms with Crippen molar-refractivity contribution in [3.63, 3.8) is 0 Å². The Bertz CT molecular complexity index is 1520. The summed E-state index contributed by atoms with van der Waals surface area (Å²) >= 11 is 12.4. The number of benzene rings is 3. The van der Waals surface area contributed by atoms with Gasteiger partial charge in [-0.2, -0.15) is 0 Å². The number of nitrogens with zero attached hydrogens (tertiary/aromatic N) is 2. The number of carbonyl (C=O) groups excluding carboxylic acids is 1. The van der Waals surface area contributed by atoms with E-state index in [1.165, 1.54) is 12.1 Å². The largest absolute Gasteiger partial charge is 0.491 e. The van der Waals surface area contributed by atoms with Crippen LogP contribution in [0.25, 0.3) is 11.1 Å². The number of halogens is 3. The molecule has 1 aromatic heterocycles. The Morgan fingerprint density at radius 2 is 1.83 bits per heavy atom. The first kappa shape index (κ1) is 28.7. The van der Waals surface area contributed by atoms with Gasteiger partial charge in [-0.25, -0.2) is 9.37 Å². The molecule has 0 bridgehead atoms. The lowest BCUT2D eigenvalue weighted by molar-refractivity contribution is 0.0528. The molecule has 1 saturated heterocycles. The molecule has 0 saturated carbocycles. The molecule has 3 aromatic carbocycles. The first-order valence-corrected chi connectivity index (χ1v) is 14.2. The van der Waals surface area contributed by atoms with Crippen LogP contribution < -0.4 is 15.2 Å². The number of ether oxygens (including phenoxy) is 2. The molecule has 41 heavy (non-hydrogen) atoms. The van der Waals surface area contributed by atoms with E-state index in [0.717, 1.165) is 36.1 Å². The fourth-order valence-electron chi connectivity index (χ4n) is 4.99. The molecule has 212 valence electrons. The zero-order chi connectivity index (χ0) is 28.9. The molecule has 1 amide bonds. The van der Waals surface area contributed by atoms with Crippen molar-refractivity contribution in [2.45, 2.75) is 38.3 Å². The highest BCUT2D eigenvalue weighted by atomic mass is 35.5. The third-order valence-corrected chi connectivity index (χ3v) is 7.92. The third kappa shape index (κ3) is 6.58. The van der Waals surface area contributed by atoms with Crippen molar-refractivity contribution in [1.82, 2.24) is 9.88 Å². The number of likely N-dealkylation sites (tertiary alicyclic amines) is 1. The second-order valence-corrected chi connectivity index (χ2v) is 10.8. The predicted octanol–water partition coefficient (Wildman–Crippen LogP) is 7.99. The third-order valence-electron chi connectivity index (χ3n) is 7.21. The first-order chi connectivity index (χ1) is 19.8. The summed E-state index contributed by atoms with van der Waals surface area (Å²) in [5, 5.41) is 0.185. The number of nitrogen functional groups attached to an aromatic ring is 1. The summed E-state index contributed by atoms with van der Waals surface area (Å²) in [7, 11) is 0. The molecule has 5 rings (SSSR count). The summed E-state index contributed by atoms with van der Waals surface area (Å²) in [6, 6.07) is 21.4. The molecule has 4 aromatic rings. The number of para-hydroxylation sites is 1. The lowest BCUT2D eigenvalue weighted by Gasteiger charge is -2.35. The van der Waals surface area contributed by atoms with Crippen LogP contribution in [0.4, 0.5) is 10.2 Å². The van der Waals surface area contributed by atoms with Crippen molar-refractivity contribution in [2.75, 3.05) is 18.9 Å². The van der Waals surface area contributed by atoms with Crippen LogP contribution in [0.5, 0.6) is 11.5 Å². The van der Waals surface area contributed by atoms with E-state index in [1.54, 1.807) is 19.2 Å². The topological polar surface area (TPSA) is 77.7 Å². The molecule has 2 unspecified atom stereocenters. The highest BCUT2D eigenvalue weighted by Gasteiger charge is 2.28. The second-order valence-electron chi connectivity index (χ2n) is 9.97. The lowest BCUT2D eigenvalue weighted by atomic mass is 10.00. The van der Waals surface area contributed by atoms with Crippen LogP contribution in [0.1, 0.15) is 48.2 Å². The van der Waals surface area contributed by atoms with Gasteiger partial charge in [0.15, 0.2) is 11.6 Å².